The third kappa shape index (κ3) is 4.33. The van der Waals surface area contributed by atoms with Gasteiger partial charge < -0.3 is 4.90 Å². The zero-order chi connectivity index (χ0) is 20.9. The van der Waals surface area contributed by atoms with Gasteiger partial charge in [-0.05, 0) is 34.9 Å². The standard InChI is InChI=1S/C26H25N3O/c1-28(2)23-16-14-22(15-17-23)25-19-24(21-11-7-4-8-12-21)27-29(25)26(30)18-13-20-9-5-3-6-10-20/h3-18,25H,19H2,1-2H3/b18-13+/t25-/m1/s1. The van der Waals surface area contributed by atoms with Gasteiger partial charge in [-0.15, -0.1) is 0 Å². The minimum Gasteiger partial charge on any atom is -0.378 e. The molecule has 0 N–H and O–H groups in total. The average molecular weight is 396 g/mol. The number of anilines is 1. The Bertz CT molecular complexity index is 1050. The molecule has 4 nitrogen and oxygen atoms in total. The Morgan fingerprint density at radius 2 is 1.57 bits per heavy atom. The Kier molecular flexibility index (Phi) is 5.75. The molecule has 150 valence electrons. The van der Waals surface area contributed by atoms with Crippen LogP contribution in [0, 0.1) is 0 Å². The van der Waals surface area contributed by atoms with Crippen LogP contribution in [0.25, 0.3) is 6.08 Å². The van der Waals surface area contributed by atoms with Crippen molar-refractivity contribution in [2.24, 2.45) is 5.10 Å². The number of nitrogens with zero attached hydrogens (tertiary/aromatic N) is 3. The van der Waals surface area contributed by atoms with E-state index in [-0.39, 0.29) is 11.9 Å². The van der Waals surface area contributed by atoms with Gasteiger partial charge in [0.2, 0.25) is 0 Å². The van der Waals surface area contributed by atoms with E-state index in [1.807, 2.05) is 80.8 Å². The van der Waals surface area contributed by atoms with Crippen LogP contribution in [-0.4, -0.2) is 30.7 Å². The van der Waals surface area contributed by atoms with E-state index in [1.165, 1.54) is 0 Å². The lowest BCUT2D eigenvalue weighted by Gasteiger charge is -2.22. The molecule has 0 unspecified atom stereocenters. The maximum absolute atomic E-state index is 13.1. The van der Waals surface area contributed by atoms with Gasteiger partial charge >= 0.3 is 0 Å². The Morgan fingerprint density at radius 1 is 0.933 bits per heavy atom. The molecule has 1 aliphatic rings. The van der Waals surface area contributed by atoms with Gasteiger partial charge in [0.15, 0.2) is 0 Å². The van der Waals surface area contributed by atoms with E-state index in [1.54, 1.807) is 11.1 Å². The van der Waals surface area contributed by atoms with Crippen LogP contribution in [0.15, 0.2) is 96.1 Å². The molecule has 0 spiro atoms. The van der Waals surface area contributed by atoms with Crippen LogP contribution in [0.3, 0.4) is 0 Å². The normalized spacial score (nSPS) is 16.0. The molecule has 4 rings (SSSR count). The molecular weight excluding hydrogens is 370 g/mol. The van der Waals surface area contributed by atoms with Crippen molar-refractivity contribution in [2.45, 2.75) is 12.5 Å². The molecule has 0 bridgehead atoms. The van der Waals surface area contributed by atoms with E-state index in [9.17, 15) is 4.79 Å². The molecule has 3 aromatic carbocycles. The predicted molar refractivity (Wildman–Crippen MR) is 123 cm³/mol. The third-order valence-electron chi connectivity index (χ3n) is 5.26. The second kappa shape index (κ2) is 8.78. The van der Waals surface area contributed by atoms with Crippen molar-refractivity contribution in [1.29, 1.82) is 0 Å². The molecule has 1 amide bonds. The monoisotopic (exact) mass is 395 g/mol. The summed E-state index contributed by atoms with van der Waals surface area (Å²) in [5.74, 6) is -0.119. The van der Waals surface area contributed by atoms with Gasteiger partial charge in [0.25, 0.3) is 5.91 Å². The highest BCUT2D eigenvalue weighted by Gasteiger charge is 2.32. The summed E-state index contributed by atoms with van der Waals surface area (Å²) in [5, 5.41) is 6.34. The second-order valence-electron chi connectivity index (χ2n) is 7.55. The van der Waals surface area contributed by atoms with Crippen molar-refractivity contribution in [1.82, 2.24) is 5.01 Å². The van der Waals surface area contributed by atoms with E-state index in [4.69, 9.17) is 5.10 Å². The van der Waals surface area contributed by atoms with Crippen molar-refractivity contribution in [2.75, 3.05) is 19.0 Å². The fraction of sp³-hybridized carbons (Fsp3) is 0.154. The first-order valence-corrected chi connectivity index (χ1v) is 10.1. The first-order valence-electron chi connectivity index (χ1n) is 10.1. The summed E-state index contributed by atoms with van der Waals surface area (Å²) >= 11 is 0. The molecular formula is C26H25N3O. The summed E-state index contributed by atoms with van der Waals surface area (Å²) < 4.78 is 0. The first-order chi connectivity index (χ1) is 14.6. The maximum Gasteiger partial charge on any atom is 0.267 e. The summed E-state index contributed by atoms with van der Waals surface area (Å²) in [6.07, 6.45) is 4.13. The van der Waals surface area contributed by atoms with E-state index < -0.39 is 0 Å². The third-order valence-corrected chi connectivity index (χ3v) is 5.26. The second-order valence-corrected chi connectivity index (χ2v) is 7.55. The minimum atomic E-state index is -0.121. The molecule has 3 aromatic rings. The van der Waals surface area contributed by atoms with E-state index in [0.29, 0.717) is 6.42 Å². The quantitative estimate of drug-likeness (QED) is 0.561. The van der Waals surface area contributed by atoms with Crippen LogP contribution in [0.4, 0.5) is 5.69 Å². The molecule has 0 aliphatic carbocycles. The van der Waals surface area contributed by atoms with Crippen LogP contribution in [-0.2, 0) is 4.79 Å². The summed E-state index contributed by atoms with van der Waals surface area (Å²) in [6, 6.07) is 28.1. The van der Waals surface area contributed by atoms with E-state index >= 15 is 0 Å². The molecule has 0 saturated heterocycles. The summed E-state index contributed by atoms with van der Waals surface area (Å²) in [6.45, 7) is 0. The maximum atomic E-state index is 13.1. The highest BCUT2D eigenvalue weighted by atomic mass is 16.2. The summed E-state index contributed by atoms with van der Waals surface area (Å²) in [4.78, 5) is 15.1. The smallest absolute Gasteiger partial charge is 0.267 e. The zero-order valence-electron chi connectivity index (χ0n) is 17.3. The SMILES string of the molecule is CN(C)c1ccc([C@H]2CC(c3ccccc3)=NN2C(=O)/C=C/c2ccccc2)cc1. The largest absolute Gasteiger partial charge is 0.378 e. The Labute approximate surface area is 177 Å². The number of hydrazone groups is 1. The van der Waals surface area contributed by atoms with E-state index in [0.717, 1.165) is 28.1 Å². The zero-order valence-corrected chi connectivity index (χ0v) is 17.3. The molecule has 1 atom stereocenters. The van der Waals surface area contributed by atoms with Gasteiger partial charge in [-0.25, -0.2) is 5.01 Å². The van der Waals surface area contributed by atoms with Crippen LogP contribution in [0.5, 0.6) is 0 Å². The lowest BCUT2D eigenvalue weighted by molar-refractivity contribution is -0.127. The van der Waals surface area contributed by atoms with Gasteiger partial charge in [0.05, 0.1) is 11.8 Å². The lowest BCUT2D eigenvalue weighted by atomic mass is 9.98. The molecule has 30 heavy (non-hydrogen) atoms. The molecule has 0 fully saturated rings. The average Bonchev–Trinajstić information content (AvgIpc) is 3.24. The Hall–Kier alpha value is -3.66. The van der Waals surface area contributed by atoms with Crippen molar-refractivity contribution in [3.05, 3.63) is 108 Å². The number of hydrogen-bond acceptors (Lipinski definition) is 3. The van der Waals surface area contributed by atoms with Crippen LogP contribution >= 0.6 is 0 Å². The van der Waals surface area contributed by atoms with Gasteiger partial charge in [-0.3, -0.25) is 4.79 Å². The topological polar surface area (TPSA) is 35.9 Å². The number of carbonyl (C=O) groups excluding carboxylic acids is 1. The van der Waals surface area contributed by atoms with Gasteiger partial charge in [0.1, 0.15) is 0 Å². The fourth-order valence-corrected chi connectivity index (χ4v) is 3.58. The van der Waals surface area contributed by atoms with E-state index in [2.05, 4.69) is 29.2 Å². The Balaban J connectivity index is 1.64. The number of amides is 1. The van der Waals surface area contributed by atoms with Crippen molar-refractivity contribution >= 4 is 23.4 Å². The first kappa shape index (κ1) is 19.6. The predicted octanol–water partition coefficient (Wildman–Crippen LogP) is 5.14. The minimum absolute atomic E-state index is 0.119. The highest BCUT2D eigenvalue weighted by Crippen LogP contribution is 2.33. The van der Waals surface area contributed by atoms with Gasteiger partial charge in [-0.2, -0.15) is 5.10 Å². The van der Waals surface area contributed by atoms with Crippen LogP contribution < -0.4 is 4.90 Å². The van der Waals surface area contributed by atoms with Crippen molar-refractivity contribution in [3.63, 3.8) is 0 Å². The molecule has 0 aromatic heterocycles. The van der Waals surface area contributed by atoms with Crippen LogP contribution in [0.1, 0.15) is 29.2 Å². The summed E-state index contributed by atoms with van der Waals surface area (Å²) in [5.41, 5.74) is 5.18. The van der Waals surface area contributed by atoms with Crippen molar-refractivity contribution in [3.8, 4) is 0 Å². The van der Waals surface area contributed by atoms with Gasteiger partial charge in [0, 0.05) is 32.3 Å². The van der Waals surface area contributed by atoms with Gasteiger partial charge in [-0.1, -0.05) is 72.8 Å². The number of benzene rings is 3. The number of hydrogen-bond donors (Lipinski definition) is 0. The molecule has 1 aliphatic heterocycles. The summed E-state index contributed by atoms with van der Waals surface area (Å²) in [7, 11) is 4.04. The number of carbonyl (C=O) groups is 1. The number of rotatable bonds is 5. The molecule has 4 heteroatoms. The van der Waals surface area contributed by atoms with Crippen molar-refractivity contribution < 1.29 is 4.79 Å². The Morgan fingerprint density at radius 3 is 2.20 bits per heavy atom. The fourth-order valence-electron chi connectivity index (χ4n) is 3.58. The molecule has 0 radical (unpaired) electrons. The molecule has 1 heterocycles. The van der Waals surface area contributed by atoms with Crippen LogP contribution in [0.2, 0.25) is 0 Å². The lowest BCUT2D eigenvalue weighted by Crippen LogP contribution is -2.25. The molecule has 0 saturated carbocycles. The highest BCUT2D eigenvalue weighted by molar-refractivity contribution is 6.04.